The number of rotatable bonds is 6. The molecule has 1 saturated heterocycles. The third-order valence-electron chi connectivity index (χ3n) is 5.19. The highest BCUT2D eigenvalue weighted by Gasteiger charge is 2.42. The van der Waals surface area contributed by atoms with Crippen molar-refractivity contribution in [3.05, 3.63) is 54.3 Å². The monoisotopic (exact) mass is 414 g/mol. The lowest BCUT2D eigenvalue weighted by Crippen LogP contribution is -2.57. The van der Waals surface area contributed by atoms with Crippen molar-refractivity contribution >= 4 is 16.9 Å². The van der Waals surface area contributed by atoms with Gasteiger partial charge < -0.3 is 19.8 Å². The Labute approximate surface area is 173 Å². The standard InChI is InChI=1S/C23H24F2N2O3/c1-2-12-29-18-9-4-3-7-16(18)17-8-5-6-15-13-19(30-21(15)17)22(28)27-20-10-11-26-14-23(20,24)25/h3-9,13,20,26H,2,10-12,14H2,1H3,(H,27,28)/t20-/m1/s1. The molecule has 1 aromatic heterocycles. The number of hydrogen-bond acceptors (Lipinski definition) is 4. The first kappa shape index (κ1) is 20.3. The molecule has 0 spiro atoms. The number of carbonyl (C=O) groups is 1. The average molecular weight is 414 g/mol. The highest BCUT2D eigenvalue weighted by molar-refractivity contribution is 6.00. The van der Waals surface area contributed by atoms with Crippen LogP contribution in [0.2, 0.25) is 0 Å². The maximum Gasteiger partial charge on any atom is 0.287 e. The van der Waals surface area contributed by atoms with Gasteiger partial charge in [-0.2, -0.15) is 0 Å². The Morgan fingerprint density at radius 1 is 1.23 bits per heavy atom. The summed E-state index contributed by atoms with van der Waals surface area (Å²) in [4.78, 5) is 12.6. The normalized spacial score (nSPS) is 18.3. The maximum absolute atomic E-state index is 14.1. The summed E-state index contributed by atoms with van der Waals surface area (Å²) in [6.07, 6.45) is 1.04. The number of ether oxygens (including phenoxy) is 1. The molecule has 1 aliphatic rings. The van der Waals surface area contributed by atoms with Gasteiger partial charge in [-0.1, -0.05) is 43.3 Å². The van der Waals surface area contributed by atoms with E-state index in [4.69, 9.17) is 9.15 Å². The van der Waals surface area contributed by atoms with Gasteiger partial charge in [0.15, 0.2) is 5.76 Å². The molecule has 5 nitrogen and oxygen atoms in total. The number of carbonyl (C=O) groups excluding carboxylic acids is 1. The molecule has 4 rings (SSSR count). The quantitative estimate of drug-likeness (QED) is 0.618. The summed E-state index contributed by atoms with van der Waals surface area (Å²) in [6.45, 7) is 2.60. The Morgan fingerprint density at radius 3 is 2.83 bits per heavy atom. The molecular formula is C23H24F2N2O3. The van der Waals surface area contributed by atoms with Crippen LogP contribution >= 0.6 is 0 Å². The van der Waals surface area contributed by atoms with Crippen LogP contribution in [0.4, 0.5) is 8.78 Å². The molecule has 1 amide bonds. The number of furan rings is 1. The van der Waals surface area contributed by atoms with E-state index in [1.807, 2.05) is 49.4 Å². The lowest BCUT2D eigenvalue weighted by Gasteiger charge is -2.32. The van der Waals surface area contributed by atoms with Gasteiger partial charge in [0.05, 0.1) is 19.2 Å². The smallest absolute Gasteiger partial charge is 0.287 e. The van der Waals surface area contributed by atoms with E-state index in [-0.39, 0.29) is 12.2 Å². The van der Waals surface area contributed by atoms with Crippen LogP contribution in [0.25, 0.3) is 22.1 Å². The molecule has 0 saturated carbocycles. The second-order valence-corrected chi connectivity index (χ2v) is 7.43. The predicted octanol–water partition coefficient (Wildman–Crippen LogP) is 4.62. The molecule has 1 aliphatic heterocycles. The number of halogens is 2. The summed E-state index contributed by atoms with van der Waals surface area (Å²) in [5.41, 5.74) is 2.15. The van der Waals surface area contributed by atoms with E-state index < -0.39 is 24.4 Å². The zero-order valence-corrected chi connectivity index (χ0v) is 16.7. The molecule has 0 bridgehead atoms. The topological polar surface area (TPSA) is 63.5 Å². The van der Waals surface area contributed by atoms with Crippen LogP contribution < -0.4 is 15.4 Å². The van der Waals surface area contributed by atoms with Gasteiger partial charge in [0, 0.05) is 16.5 Å². The molecule has 2 heterocycles. The molecular weight excluding hydrogens is 390 g/mol. The number of nitrogens with one attached hydrogen (secondary N) is 2. The van der Waals surface area contributed by atoms with Crippen LogP contribution in [0.15, 0.2) is 52.9 Å². The predicted molar refractivity (Wildman–Crippen MR) is 111 cm³/mol. The average Bonchev–Trinajstić information content (AvgIpc) is 3.18. The van der Waals surface area contributed by atoms with E-state index >= 15 is 0 Å². The fraction of sp³-hybridized carbons (Fsp3) is 0.348. The first-order valence-electron chi connectivity index (χ1n) is 10.1. The van der Waals surface area contributed by atoms with E-state index in [1.54, 1.807) is 6.07 Å². The number of hydrogen-bond donors (Lipinski definition) is 2. The van der Waals surface area contributed by atoms with Crippen molar-refractivity contribution in [3.63, 3.8) is 0 Å². The van der Waals surface area contributed by atoms with Gasteiger partial charge in [0.2, 0.25) is 0 Å². The maximum atomic E-state index is 14.1. The molecule has 30 heavy (non-hydrogen) atoms. The number of piperidine rings is 1. The number of para-hydroxylation sites is 2. The molecule has 7 heteroatoms. The number of benzene rings is 2. The van der Waals surface area contributed by atoms with Crippen molar-refractivity contribution in [1.29, 1.82) is 0 Å². The summed E-state index contributed by atoms with van der Waals surface area (Å²) in [7, 11) is 0. The minimum atomic E-state index is -3.00. The number of fused-ring (bicyclic) bond motifs is 1. The SMILES string of the molecule is CCCOc1ccccc1-c1cccc2cc(C(=O)N[C@@H]3CCNCC3(F)F)oc12. The Kier molecular flexibility index (Phi) is 5.72. The van der Waals surface area contributed by atoms with Crippen molar-refractivity contribution in [1.82, 2.24) is 10.6 Å². The van der Waals surface area contributed by atoms with Crippen LogP contribution in [0.3, 0.4) is 0 Å². The first-order valence-corrected chi connectivity index (χ1v) is 10.1. The van der Waals surface area contributed by atoms with E-state index in [0.717, 1.165) is 28.7 Å². The number of alkyl halides is 2. The molecule has 2 aromatic carbocycles. The molecule has 0 aliphatic carbocycles. The summed E-state index contributed by atoms with van der Waals surface area (Å²) in [5.74, 6) is -2.90. The third-order valence-corrected chi connectivity index (χ3v) is 5.19. The molecule has 1 fully saturated rings. The molecule has 0 radical (unpaired) electrons. The Hall–Kier alpha value is -2.93. The number of amides is 1. The summed E-state index contributed by atoms with van der Waals surface area (Å²) < 4.78 is 39.8. The minimum Gasteiger partial charge on any atom is -0.493 e. The van der Waals surface area contributed by atoms with E-state index in [9.17, 15) is 13.6 Å². The summed E-state index contributed by atoms with van der Waals surface area (Å²) in [5, 5.41) is 5.81. The Bertz CT molecular complexity index is 1050. The first-order chi connectivity index (χ1) is 14.5. The molecule has 158 valence electrons. The fourth-order valence-corrected chi connectivity index (χ4v) is 3.66. The van der Waals surface area contributed by atoms with Gasteiger partial charge in [-0.3, -0.25) is 4.79 Å². The third kappa shape index (κ3) is 4.03. The zero-order valence-electron chi connectivity index (χ0n) is 16.7. The van der Waals surface area contributed by atoms with Gasteiger partial charge in [-0.25, -0.2) is 8.78 Å². The largest absolute Gasteiger partial charge is 0.493 e. The molecule has 3 aromatic rings. The van der Waals surface area contributed by atoms with Crippen LogP contribution in [0.1, 0.15) is 30.3 Å². The highest BCUT2D eigenvalue weighted by atomic mass is 19.3. The van der Waals surface area contributed by atoms with Gasteiger partial charge in [-0.15, -0.1) is 0 Å². The lowest BCUT2D eigenvalue weighted by atomic mass is 10.0. The second kappa shape index (κ2) is 8.44. The van der Waals surface area contributed by atoms with Crippen LogP contribution in [-0.2, 0) is 0 Å². The summed E-state index contributed by atoms with van der Waals surface area (Å²) >= 11 is 0. The lowest BCUT2D eigenvalue weighted by molar-refractivity contribution is -0.0489. The van der Waals surface area contributed by atoms with Crippen molar-refractivity contribution in [2.45, 2.75) is 31.7 Å². The van der Waals surface area contributed by atoms with Gasteiger partial charge in [-0.05, 0) is 31.5 Å². The molecule has 0 unspecified atom stereocenters. The second-order valence-electron chi connectivity index (χ2n) is 7.43. The van der Waals surface area contributed by atoms with Crippen LogP contribution in [0.5, 0.6) is 5.75 Å². The van der Waals surface area contributed by atoms with E-state index in [2.05, 4.69) is 10.6 Å². The van der Waals surface area contributed by atoms with Gasteiger partial charge in [0.25, 0.3) is 11.8 Å². The van der Waals surface area contributed by atoms with E-state index in [1.165, 1.54) is 0 Å². The summed E-state index contributed by atoms with van der Waals surface area (Å²) in [6, 6.07) is 13.6. The fourth-order valence-electron chi connectivity index (χ4n) is 3.66. The van der Waals surface area contributed by atoms with Crippen molar-refractivity contribution in [2.75, 3.05) is 19.7 Å². The Balaban J connectivity index is 1.65. The van der Waals surface area contributed by atoms with Crippen molar-refractivity contribution in [3.8, 4) is 16.9 Å². The van der Waals surface area contributed by atoms with E-state index in [0.29, 0.717) is 18.7 Å². The molecule has 1 atom stereocenters. The molecule has 2 N–H and O–H groups in total. The zero-order chi connectivity index (χ0) is 21.1. The minimum absolute atomic E-state index is 0.0127. The van der Waals surface area contributed by atoms with Gasteiger partial charge in [0.1, 0.15) is 11.3 Å². The van der Waals surface area contributed by atoms with Crippen LogP contribution in [0, 0.1) is 0 Å². The van der Waals surface area contributed by atoms with Crippen molar-refractivity contribution < 1.29 is 22.7 Å². The van der Waals surface area contributed by atoms with Gasteiger partial charge >= 0.3 is 0 Å². The Morgan fingerprint density at radius 2 is 2.03 bits per heavy atom. The van der Waals surface area contributed by atoms with Crippen LogP contribution in [-0.4, -0.2) is 37.6 Å². The van der Waals surface area contributed by atoms with Crippen molar-refractivity contribution in [2.24, 2.45) is 0 Å². The highest BCUT2D eigenvalue weighted by Crippen LogP contribution is 2.36.